The number of hydrogen-bond donors (Lipinski definition) is 0. The lowest BCUT2D eigenvalue weighted by molar-refractivity contribution is 0.202. The SMILES string of the molecule is CC1(COc2ccc(S(=O)(=O)c3cccc(OCc4ccccc4)c3)cc2)CO1. The standard InChI is InChI=1S/C23H22O5S/c1-23(17-28-23)16-27-19-10-12-21(13-11-19)29(24,25)22-9-5-8-20(14-22)26-15-18-6-3-2-4-7-18/h2-14H,15-17H2,1H3. The first-order chi connectivity index (χ1) is 13.9. The van der Waals surface area contributed by atoms with E-state index in [1.807, 2.05) is 37.3 Å². The van der Waals surface area contributed by atoms with E-state index in [1.54, 1.807) is 48.5 Å². The summed E-state index contributed by atoms with van der Waals surface area (Å²) in [6.45, 7) is 3.47. The van der Waals surface area contributed by atoms with E-state index in [0.29, 0.717) is 31.3 Å². The van der Waals surface area contributed by atoms with Gasteiger partial charge in [-0.25, -0.2) is 8.42 Å². The van der Waals surface area contributed by atoms with Crippen LogP contribution in [-0.2, 0) is 21.2 Å². The molecule has 1 fully saturated rings. The molecule has 1 aliphatic heterocycles. The second kappa shape index (κ2) is 7.89. The number of hydrogen-bond acceptors (Lipinski definition) is 5. The molecule has 0 spiro atoms. The molecule has 4 rings (SSSR count). The van der Waals surface area contributed by atoms with Crippen molar-refractivity contribution in [3.05, 3.63) is 84.4 Å². The van der Waals surface area contributed by atoms with E-state index < -0.39 is 9.84 Å². The quantitative estimate of drug-likeness (QED) is 0.519. The van der Waals surface area contributed by atoms with E-state index in [2.05, 4.69) is 0 Å². The van der Waals surface area contributed by atoms with Crippen molar-refractivity contribution < 1.29 is 22.6 Å². The molecular formula is C23H22O5S. The molecular weight excluding hydrogens is 388 g/mol. The topological polar surface area (TPSA) is 65.1 Å². The van der Waals surface area contributed by atoms with Gasteiger partial charge >= 0.3 is 0 Å². The molecule has 1 heterocycles. The van der Waals surface area contributed by atoms with Crippen LogP contribution in [0.15, 0.2) is 88.7 Å². The molecule has 0 saturated carbocycles. The maximum absolute atomic E-state index is 13.0. The third-order valence-electron chi connectivity index (χ3n) is 4.68. The van der Waals surface area contributed by atoms with Crippen LogP contribution >= 0.6 is 0 Å². The van der Waals surface area contributed by atoms with Gasteiger partial charge in [-0.15, -0.1) is 0 Å². The van der Waals surface area contributed by atoms with Crippen LogP contribution in [0.25, 0.3) is 0 Å². The first-order valence-electron chi connectivity index (χ1n) is 9.33. The summed E-state index contributed by atoms with van der Waals surface area (Å²) in [7, 11) is -3.65. The van der Waals surface area contributed by atoms with Gasteiger partial charge in [0, 0.05) is 0 Å². The Morgan fingerprint density at radius 3 is 2.28 bits per heavy atom. The molecule has 0 bridgehead atoms. The van der Waals surface area contributed by atoms with Crippen molar-refractivity contribution in [2.24, 2.45) is 0 Å². The second-order valence-corrected chi connectivity index (χ2v) is 9.20. The highest BCUT2D eigenvalue weighted by atomic mass is 32.2. The molecule has 1 aliphatic rings. The predicted molar refractivity (Wildman–Crippen MR) is 109 cm³/mol. The fraction of sp³-hybridized carbons (Fsp3) is 0.217. The van der Waals surface area contributed by atoms with Crippen molar-refractivity contribution in [3.63, 3.8) is 0 Å². The van der Waals surface area contributed by atoms with Crippen molar-refractivity contribution in [3.8, 4) is 11.5 Å². The number of ether oxygens (including phenoxy) is 3. The third kappa shape index (κ3) is 4.78. The van der Waals surface area contributed by atoms with Crippen LogP contribution in [0.3, 0.4) is 0 Å². The molecule has 0 radical (unpaired) electrons. The summed E-state index contributed by atoms with van der Waals surface area (Å²) in [6.07, 6.45) is 0. The lowest BCUT2D eigenvalue weighted by Gasteiger charge is -2.11. The Bertz CT molecular complexity index is 1070. The van der Waals surface area contributed by atoms with Gasteiger partial charge in [0.2, 0.25) is 9.84 Å². The zero-order chi connectivity index (χ0) is 20.3. The molecule has 0 amide bonds. The van der Waals surface area contributed by atoms with E-state index in [9.17, 15) is 8.42 Å². The lowest BCUT2D eigenvalue weighted by Crippen LogP contribution is -2.16. The lowest BCUT2D eigenvalue weighted by atomic mass is 10.2. The van der Waals surface area contributed by atoms with Gasteiger partial charge in [-0.3, -0.25) is 0 Å². The van der Waals surface area contributed by atoms with Crippen LogP contribution in [0, 0.1) is 0 Å². The molecule has 3 aromatic rings. The summed E-state index contributed by atoms with van der Waals surface area (Å²) >= 11 is 0. The first kappa shape index (κ1) is 19.5. The highest BCUT2D eigenvalue weighted by molar-refractivity contribution is 7.91. The third-order valence-corrected chi connectivity index (χ3v) is 6.45. The van der Waals surface area contributed by atoms with E-state index in [-0.39, 0.29) is 15.4 Å². The molecule has 1 atom stereocenters. The van der Waals surface area contributed by atoms with Gasteiger partial charge in [0.05, 0.1) is 16.4 Å². The Morgan fingerprint density at radius 1 is 0.862 bits per heavy atom. The number of sulfone groups is 1. The van der Waals surface area contributed by atoms with E-state index in [1.165, 1.54) is 0 Å². The van der Waals surface area contributed by atoms with Gasteiger partial charge in [-0.05, 0) is 55.0 Å². The van der Waals surface area contributed by atoms with Gasteiger partial charge in [-0.2, -0.15) is 0 Å². The van der Waals surface area contributed by atoms with Crippen molar-refractivity contribution in [1.82, 2.24) is 0 Å². The smallest absolute Gasteiger partial charge is 0.206 e. The maximum Gasteiger partial charge on any atom is 0.206 e. The Kier molecular flexibility index (Phi) is 5.30. The summed E-state index contributed by atoms with van der Waals surface area (Å²) in [5.41, 5.74) is 0.798. The fourth-order valence-corrected chi connectivity index (χ4v) is 4.06. The molecule has 29 heavy (non-hydrogen) atoms. The van der Waals surface area contributed by atoms with Crippen molar-refractivity contribution in [1.29, 1.82) is 0 Å². The van der Waals surface area contributed by atoms with E-state index in [0.717, 1.165) is 5.56 Å². The minimum Gasteiger partial charge on any atom is -0.491 e. The van der Waals surface area contributed by atoms with Crippen LogP contribution in [0.2, 0.25) is 0 Å². The van der Waals surface area contributed by atoms with Crippen molar-refractivity contribution in [2.75, 3.05) is 13.2 Å². The van der Waals surface area contributed by atoms with Crippen LogP contribution in [0.1, 0.15) is 12.5 Å². The van der Waals surface area contributed by atoms with Crippen LogP contribution in [0.4, 0.5) is 0 Å². The normalized spacial score (nSPS) is 18.2. The number of rotatable bonds is 8. The first-order valence-corrected chi connectivity index (χ1v) is 10.8. The monoisotopic (exact) mass is 410 g/mol. The largest absolute Gasteiger partial charge is 0.491 e. The average molecular weight is 410 g/mol. The summed E-state index contributed by atoms with van der Waals surface area (Å²) in [6, 6.07) is 22.7. The highest BCUT2D eigenvalue weighted by Gasteiger charge is 2.40. The molecule has 5 nitrogen and oxygen atoms in total. The second-order valence-electron chi connectivity index (χ2n) is 7.25. The van der Waals surface area contributed by atoms with Crippen LogP contribution in [0.5, 0.6) is 11.5 Å². The Labute approximate surface area is 170 Å². The predicted octanol–water partition coefficient (Wildman–Crippen LogP) is 4.27. The Hall–Kier alpha value is -2.83. The Balaban J connectivity index is 1.46. The number of benzene rings is 3. The Morgan fingerprint density at radius 2 is 1.59 bits per heavy atom. The van der Waals surface area contributed by atoms with Crippen molar-refractivity contribution >= 4 is 9.84 Å². The highest BCUT2D eigenvalue weighted by Crippen LogP contribution is 2.29. The minimum absolute atomic E-state index is 0.190. The van der Waals surface area contributed by atoms with Crippen LogP contribution in [-0.4, -0.2) is 27.2 Å². The van der Waals surface area contributed by atoms with Gasteiger partial charge in [0.25, 0.3) is 0 Å². The summed E-state index contributed by atoms with van der Waals surface area (Å²) in [5, 5.41) is 0. The number of epoxide rings is 1. The molecule has 150 valence electrons. The van der Waals surface area contributed by atoms with Gasteiger partial charge in [0.15, 0.2) is 0 Å². The molecule has 1 unspecified atom stereocenters. The van der Waals surface area contributed by atoms with E-state index in [4.69, 9.17) is 14.2 Å². The van der Waals surface area contributed by atoms with Gasteiger partial charge < -0.3 is 14.2 Å². The molecule has 0 N–H and O–H groups in total. The van der Waals surface area contributed by atoms with Crippen molar-refractivity contribution in [2.45, 2.75) is 28.9 Å². The van der Waals surface area contributed by atoms with E-state index >= 15 is 0 Å². The summed E-state index contributed by atoms with van der Waals surface area (Å²) in [4.78, 5) is 0.398. The molecule has 0 aliphatic carbocycles. The minimum atomic E-state index is -3.65. The molecule has 6 heteroatoms. The zero-order valence-electron chi connectivity index (χ0n) is 16.1. The van der Waals surface area contributed by atoms with Gasteiger partial charge in [0.1, 0.15) is 30.3 Å². The maximum atomic E-state index is 13.0. The summed E-state index contributed by atoms with van der Waals surface area (Å²) in [5.74, 6) is 1.12. The molecule has 0 aromatic heterocycles. The fourth-order valence-electron chi connectivity index (χ4n) is 2.77. The van der Waals surface area contributed by atoms with Crippen LogP contribution < -0.4 is 9.47 Å². The van der Waals surface area contributed by atoms with Gasteiger partial charge in [-0.1, -0.05) is 36.4 Å². The summed E-state index contributed by atoms with van der Waals surface area (Å²) < 4.78 is 42.7. The molecule has 1 saturated heterocycles. The molecule has 3 aromatic carbocycles. The average Bonchev–Trinajstić information content (AvgIpc) is 3.50. The zero-order valence-corrected chi connectivity index (χ0v) is 16.9.